The number of hydrogen-bond acceptors (Lipinski definition) is 4. The van der Waals surface area contributed by atoms with Crippen molar-refractivity contribution in [2.24, 2.45) is 0 Å². The topological polar surface area (TPSA) is 32.8 Å². The fourth-order valence-electron chi connectivity index (χ4n) is 14.5. The lowest BCUT2D eigenvalue weighted by molar-refractivity contribution is 0.663. The highest BCUT2D eigenvalue weighted by atomic mass is 16.3. The van der Waals surface area contributed by atoms with Gasteiger partial charge in [0.2, 0.25) is 0 Å². The van der Waals surface area contributed by atoms with Crippen molar-refractivity contribution in [2.45, 2.75) is 0 Å². The SMILES string of the molecule is c1ccc2c(c1)ccc1c(N(c3ccc4cc5c(cc4c3)oc3c5ccc4oc5cc6cc(N(c7cccc8c7ccc7ccccc78)c7cccc8c7ccc7ccccc78)ccc6cc5c43)c3cccc4c3ccc3ccccc34)cccc12. The fraction of sp³-hybridized carbons (Fsp3) is 0. The van der Waals surface area contributed by atoms with E-state index in [4.69, 9.17) is 8.83 Å². The highest BCUT2D eigenvalue weighted by molar-refractivity contribution is 6.25. The second kappa shape index (κ2) is 18.0. The molecule has 0 bridgehead atoms. The summed E-state index contributed by atoms with van der Waals surface area (Å²) >= 11 is 0. The zero-order chi connectivity index (χ0) is 56.1. The first-order valence-electron chi connectivity index (χ1n) is 29.5. The van der Waals surface area contributed by atoms with Crippen molar-refractivity contribution in [2.75, 3.05) is 9.80 Å². The van der Waals surface area contributed by atoms with E-state index in [-0.39, 0.29) is 0 Å². The Morgan fingerprint density at radius 1 is 0.186 bits per heavy atom. The summed E-state index contributed by atoms with van der Waals surface area (Å²) in [5, 5.41) is 28.1. The van der Waals surface area contributed by atoms with E-state index in [0.717, 1.165) is 99.5 Å². The van der Waals surface area contributed by atoms with Crippen LogP contribution in [0.2, 0.25) is 0 Å². The first-order chi connectivity index (χ1) is 42.6. The van der Waals surface area contributed by atoms with Crippen LogP contribution in [0.1, 0.15) is 0 Å². The summed E-state index contributed by atoms with van der Waals surface area (Å²) in [6.07, 6.45) is 0. The van der Waals surface area contributed by atoms with Gasteiger partial charge in [-0.3, -0.25) is 0 Å². The fourth-order valence-corrected chi connectivity index (χ4v) is 14.5. The predicted molar refractivity (Wildman–Crippen MR) is 365 cm³/mol. The molecular weight excluding hydrogens is 1040 g/mol. The summed E-state index contributed by atoms with van der Waals surface area (Å²) in [5.74, 6) is 0. The average Bonchev–Trinajstić information content (AvgIpc) is 1.79. The first kappa shape index (κ1) is 47.1. The van der Waals surface area contributed by atoms with E-state index in [2.05, 4.69) is 301 Å². The summed E-state index contributed by atoms with van der Waals surface area (Å²) in [6, 6.07) is 107. The molecule has 19 aromatic rings. The number of benzene rings is 17. The lowest BCUT2D eigenvalue weighted by atomic mass is 9.97. The minimum Gasteiger partial charge on any atom is -0.456 e. The van der Waals surface area contributed by atoms with E-state index in [0.29, 0.717) is 0 Å². The summed E-state index contributed by atoms with van der Waals surface area (Å²) < 4.78 is 14.0. The van der Waals surface area contributed by atoms with Gasteiger partial charge in [0.1, 0.15) is 22.3 Å². The van der Waals surface area contributed by atoms with Crippen LogP contribution in [0.25, 0.3) is 152 Å². The van der Waals surface area contributed by atoms with Crippen LogP contribution in [-0.2, 0) is 0 Å². The Morgan fingerprint density at radius 3 is 0.953 bits per heavy atom. The van der Waals surface area contributed by atoms with Gasteiger partial charge in [-0.2, -0.15) is 0 Å². The van der Waals surface area contributed by atoms with E-state index < -0.39 is 0 Å². The van der Waals surface area contributed by atoms with Crippen LogP contribution in [0, 0.1) is 0 Å². The van der Waals surface area contributed by atoms with Gasteiger partial charge >= 0.3 is 0 Å². The van der Waals surface area contributed by atoms with Gasteiger partial charge in [0.25, 0.3) is 0 Å². The summed E-state index contributed by atoms with van der Waals surface area (Å²) in [7, 11) is 0. The number of hydrogen-bond donors (Lipinski definition) is 0. The van der Waals surface area contributed by atoms with Gasteiger partial charge in [0.05, 0.1) is 28.1 Å². The number of anilines is 6. The Kier molecular flexibility index (Phi) is 9.86. The molecule has 2 heterocycles. The molecule has 0 N–H and O–H groups in total. The van der Waals surface area contributed by atoms with E-state index in [1.54, 1.807) is 0 Å². The highest BCUT2D eigenvalue weighted by Gasteiger charge is 2.24. The second-order valence-electron chi connectivity index (χ2n) is 23.1. The minimum absolute atomic E-state index is 0.794. The molecular formula is C82H48N2O2. The molecule has 0 radical (unpaired) electrons. The molecule has 0 amide bonds. The molecule has 0 atom stereocenters. The van der Waals surface area contributed by atoms with Crippen LogP contribution in [-0.4, -0.2) is 0 Å². The summed E-state index contributed by atoms with van der Waals surface area (Å²) in [5.41, 5.74) is 9.85. The number of fused-ring (bicyclic) bond motifs is 21. The maximum absolute atomic E-state index is 7.11. The molecule has 0 unspecified atom stereocenters. The molecule has 0 saturated heterocycles. The quantitative estimate of drug-likeness (QED) is 0.155. The van der Waals surface area contributed by atoms with E-state index in [1.807, 2.05) is 0 Å². The Hall–Kier alpha value is -11.5. The van der Waals surface area contributed by atoms with E-state index in [1.165, 1.54) is 86.2 Å². The maximum Gasteiger partial charge on any atom is 0.147 e. The Morgan fingerprint density at radius 2 is 0.535 bits per heavy atom. The average molecular weight is 1090 g/mol. The van der Waals surface area contributed by atoms with Crippen LogP contribution in [0.5, 0.6) is 0 Å². The second-order valence-corrected chi connectivity index (χ2v) is 23.1. The van der Waals surface area contributed by atoms with Crippen molar-refractivity contribution in [3.63, 3.8) is 0 Å². The van der Waals surface area contributed by atoms with Gasteiger partial charge in [0, 0.05) is 49.1 Å². The molecule has 398 valence electrons. The van der Waals surface area contributed by atoms with Gasteiger partial charge in [-0.05, 0) is 171 Å². The molecule has 86 heavy (non-hydrogen) atoms. The van der Waals surface area contributed by atoms with E-state index >= 15 is 0 Å². The van der Waals surface area contributed by atoms with Crippen molar-refractivity contribution in [1.29, 1.82) is 0 Å². The Bertz CT molecular complexity index is 5890. The number of nitrogens with zero attached hydrogens (tertiary/aromatic N) is 2. The molecule has 19 rings (SSSR count). The third kappa shape index (κ3) is 6.93. The molecule has 0 spiro atoms. The van der Waals surface area contributed by atoms with E-state index in [9.17, 15) is 0 Å². The molecule has 0 aliphatic rings. The zero-order valence-electron chi connectivity index (χ0n) is 46.4. The highest BCUT2D eigenvalue weighted by Crippen LogP contribution is 2.49. The van der Waals surface area contributed by atoms with Crippen LogP contribution in [0.4, 0.5) is 34.1 Å². The van der Waals surface area contributed by atoms with Gasteiger partial charge < -0.3 is 18.6 Å². The van der Waals surface area contributed by atoms with Gasteiger partial charge in [-0.25, -0.2) is 0 Å². The third-order valence-corrected chi connectivity index (χ3v) is 18.5. The van der Waals surface area contributed by atoms with Crippen molar-refractivity contribution in [1.82, 2.24) is 0 Å². The lowest BCUT2D eigenvalue weighted by Crippen LogP contribution is -2.11. The molecule has 17 aromatic carbocycles. The normalized spacial score (nSPS) is 12.2. The first-order valence-corrected chi connectivity index (χ1v) is 29.5. The zero-order valence-corrected chi connectivity index (χ0v) is 46.4. The number of rotatable bonds is 6. The van der Waals surface area contributed by atoms with Crippen molar-refractivity contribution in [3.05, 3.63) is 291 Å². The lowest BCUT2D eigenvalue weighted by Gasteiger charge is -2.29. The van der Waals surface area contributed by atoms with Crippen molar-refractivity contribution >= 4 is 186 Å². The summed E-state index contributed by atoms with van der Waals surface area (Å²) in [6.45, 7) is 0. The minimum atomic E-state index is 0.794. The standard InChI is InChI=1S/C82H48N2O2/c1-5-17-59-49(13-1)31-37-67-63(59)21-9-25-74(67)83(75-26-10-22-64-60-18-6-2-14-50(60)32-38-68(64)75)57-35-29-53-45-72-71-41-42-78-81(82(71)86-79(72)47-55(53)43-57)73-46-54-30-36-58(44-56(54)48-80(73)85-78)84(76-27-11-23-65-61-19-7-3-15-51(61)33-39-69(65)76)77-28-12-24-66-62-20-8-4-16-52(62)34-40-70(66)77/h1-48H. The molecule has 0 aliphatic heterocycles. The smallest absolute Gasteiger partial charge is 0.147 e. The van der Waals surface area contributed by atoms with Crippen LogP contribution in [0.3, 0.4) is 0 Å². The van der Waals surface area contributed by atoms with Crippen molar-refractivity contribution < 1.29 is 8.83 Å². The molecule has 4 nitrogen and oxygen atoms in total. The van der Waals surface area contributed by atoms with Crippen molar-refractivity contribution in [3.8, 4) is 0 Å². The van der Waals surface area contributed by atoms with Gasteiger partial charge in [-0.15, -0.1) is 0 Å². The predicted octanol–water partition coefficient (Wildman–Crippen LogP) is 24.0. The monoisotopic (exact) mass is 1090 g/mol. The molecule has 0 aliphatic carbocycles. The number of furan rings is 2. The Balaban J connectivity index is 0.767. The molecule has 0 saturated carbocycles. The largest absolute Gasteiger partial charge is 0.456 e. The van der Waals surface area contributed by atoms with Crippen LogP contribution < -0.4 is 9.80 Å². The molecule has 0 fully saturated rings. The molecule has 2 aromatic heterocycles. The summed E-state index contributed by atoms with van der Waals surface area (Å²) in [4.78, 5) is 4.91. The Labute approximate surface area is 492 Å². The van der Waals surface area contributed by atoms with Crippen LogP contribution >= 0.6 is 0 Å². The molecule has 4 heteroatoms. The third-order valence-electron chi connectivity index (χ3n) is 18.5. The van der Waals surface area contributed by atoms with Crippen LogP contribution in [0.15, 0.2) is 300 Å². The van der Waals surface area contributed by atoms with Gasteiger partial charge in [0.15, 0.2) is 0 Å². The van der Waals surface area contributed by atoms with Gasteiger partial charge in [-0.1, -0.05) is 206 Å². The maximum atomic E-state index is 7.11.